The van der Waals surface area contributed by atoms with Gasteiger partial charge in [-0.2, -0.15) is 0 Å². The number of hydrogen-bond donors (Lipinski definition) is 0. The molecule has 0 radical (unpaired) electrons. The van der Waals surface area contributed by atoms with Crippen molar-refractivity contribution < 1.29 is 28.8 Å². The van der Waals surface area contributed by atoms with Crippen molar-refractivity contribution in [1.82, 2.24) is 0 Å². The van der Waals surface area contributed by atoms with Crippen LogP contribution in [0.2, 0.25) is 0 Å². The Labute approximate surface area is 74.6 Å². The van der Waals surface area contributed by atoms with Crippen molar-refractivity contribution in [1.29, 1.82) is 0 Å². The zero-order valence-corrected chi connectivity index (χ0v) is 7.36. The van der Waals surface area contributed by atoms with Crippen LogP contribution in [0.25, 0.3) is 0 Å². The Morgan fingerprint density at radius 2 is 1.77 bits per heavy atom. The number of rotatable bonds is 2. The van der Waals surface area contributed by atoms with E-state index in [0.29, 0.717) is 0 Å². The third-order valence-corrected chi connectivity index (χ3v) is 1.77. The Balaban J connectivity index is 2.86. The van der Waals surface area contributed by atoms with Gasteiger partial charge in [-0.15, -0.1) is 0 Å². The van der Waals surface area contributed by atoms with Crippen LogP contribution in [0.3, 0.4) is 0 Å². The Hall–Kier alpha value is -1.14. The maximum Gasteiger partial charge on any atom is 0.353 e. The van der Waals surface area contributed by atoms with Gasteiger partial charge >= 0.3 is 11.9 Å². The Kier molecular flexibility index (Phi) is 2.84. The summed E-state index contributed by atoms with van der Waals surface area (Å²) < 4.78 is 8.83. The molecule has 0 aromatic heterocycles. The third-order valence-electron chi connectivity index (χ3n) is 1.77. The number of methoxy groups -OCH3 is 2. The van der Waals surface area contributed by atoms with E-state index in [9.17, 15) is 9.59 Å². The van der Waals surface area contributed by atoms with Crippen LogP contribution >= 0.6 is 0 Å². The summed E-state index contributed by atoms with van der Waals surface area (Å²) in [6.07, 6.45) is 0.104. The number of ether oxygens (including phenoxy) is 2. The molecule has 13 heavy (non-hydrogen) atoms. The van der Waals surface area contributed by atoms with Gasteiger partial charge in [-0.3, -0.25) is 0 Å². The SMILES string of the molecule is COC(=O)C1(C(=O)OC)CCOO1. The minimum absolute atomic E-state index is 0.104. The van der Waals surface area contributed by atoms with Crippen LogP contribution in [0.4, 0.5) is 0 Å². The maximum atomic E-state index is 11.2. The molecule has 0 spiro atoms. The molecule has 1 fully saturated rings. The van der Waals surface area contributed by atoms with Gasteiger partial charge in [0.1, 0.15) is 0 Å². The molecule has 0 aliphatic carbocycles. The van der Waals surface area contributed by atoms with Gasteiger partial charge in [0.2, 0.25) is 0 Å². The molecule has 0 amide bonds. The lowest BCUT2D eigenvalue weighted by Crippen LogP contribution is -2.47. The summed E-state index contributed by atoms with van der Waals surface area (Å²) in [6.45, 7) is 0.157. The predicted octanol–water partition coefficient (Wildman–Crippen LogP) is -0.577. The first-order valence-electron chi connectivity index (χ1n) is 3.65. The third kappa shape index (κ3) is 1.50. The molecule has 0 saturated carbocycles. The van der Waals surface area contributed by atoms with E-state index >= 15 is 0 Å². The summed E-state index contributed by atoms with van der Waals surface area (Å²) in [4.78, 5) is 31.5. The van der Waals surface area contributed by atoms with Gasteiger partial charge in [0.15, 0.2) is 0 Å². The van der Waals surface area contributed by atoms with Crippen molar-refractivity contribution in [3.05, 3.63) is 0 Å². The normalized spacial score (nSPS) is 19.5. The minimum atomic E-state index is -1.73. The van der Waals surface area contributed by atoms with E-state index in [4.69, 9.17) is 0 Å². The fraction of sp³-hybridized carbons (Fsp3) is 0.714. The summed E-state index contributed by atoms with van der Waals surface area (Å²) in [5, 5.41) is 0. The van der Waals surface area contributed by atoms with Gasteiger partial charge in [-0.05, 0) is 0 Å². The molecule has 1 aliphatic heterocycles. The van der Waals surface area contributed by atoms with E-state index in [2.05, 4.69) is 19.2 Å². The molecule has 1 saturated heterocycles. The zero-order valence-electron chi connectivity index (χ0n) is 7.36. The number of carbonyl (C=O) groups excluding carboxylic acids is 2. The highest BCUT2D eigenvalue weighted by Crippen LogP contribution is 2.26. The van der Waals surface area contributed by atoms with Crippen molar-refractivity contribution in [2.45, 2.75) is 12.0 Å². The molecule has 0 aromatic rings. The van der Waals surface area contributed by atoms with E-state index < -0.39 is 17.5 Å². The van der Waals surface area contributed by atoms with Crippen molar-refractivity contribution >= 4 is 11.9 Å². The predicted molar refractivity (Wildman–Crippen MR) is 38.4 cm³/mol. The molecule has 0 unspecified atom stereocenters. The van der Waals surface area contributed by atoms with E-state index in [-0.39, 0.29) is 13.0 Å². The Morgan fingerprint density at radius 3 is 2.08 bits per heavy atom. The first-order chi connectivity index (χ1) is 6.17. The number of hydrogen-bond acceptors (Lipinski definition) is 6. The molecule has 0 N–H and O–H groups in total. The number of carbonyl (C=O) groups is 2. The van der Waals surface area contributed by atoms with Gasteiger partial charge in [0.05, 0.1) is 20.8 Å². The van der Waals surface area contributed by atoms with E-state index in [0.717, 1.165) is 14.2 Å². The first-order valence-corrected chi connectivity index (χ1v) is 3.65. The average Bonchev–Trinajstić information content (AvgIpc) is 2.65. The van der Waals surface area contributed by atoms with E-state index in [1.165, 1.54) is 0 Å². The summed E-state index contributed by atoms with van der Waals surface area (Å²) in [5.41, 5.74) is -1.73. The topological polar surface area (TPSA) is 71.1 Å². The fourth-order valence-corrected chi connectivity index (χ4v) is 1.05. The zero-order chi connectivity index (χ0) is 9.90. The average molecular weight is 190 g/mol. The molecule has 6 heteroatoms. The maximum absolute atomic E-state index is 11.2. The van der Waals surface area contributed by atoms with Gasteiger partial charge in [-0.25, -0.2) is 19.4 Å². The second kappa shape index (κ2) is 3.71. The van der Waals surface area contributed by atoms with Crippen molar-refractivity contribution in [3.8, 4) is 0 Å². The first kappa shape index (κ1) is 9.94. The van der Waals surface area contributed by atoms with Crippen LogP contribution < -0.4 is 0 Å². The Bertz CT molecular complexity index is 199. The highest BCUT2D eigenvalue weighted by Gasteiger charge is 2.54. The smallest absolute Gasteiger partial charge is 0.353 e. The van der Waals surface area contributed by atoms with Gasteiger partial charge in [0, 0.05) is 6.42 Å². The lowest BCUT2D eigenvalue weighted by molar-refractivity contribution is -0.302. The molecule has 1 heterocycles. The molecule has 74 valence electrons. The number of esters is 2. The van der Waals surface area contributed by atoms with Crippen LogP contribution in [0.5, 0.6) is 0 Å². The van der Waals surface area contributed by atoms with Crippen LogP contribution in [-0.2, 0) is 28.8 Å². The van der Waals surface area contributed by atoms with Crippen molar-refractivity contribution in [2.24, 2.45) is 0 Å². The van der Waals surface area contributed by atoms with E-state index in [1.54, 1.807) is 0 Å². The van der Waals surface area contributed by atoms with Crippen LogP contribution in [-0.4, -0.2) is 38.4 Å². The highest BCUT2D eigenvalue weighted by atomic mass is 17.2. The van der Waals surface area contributed by atoms with Crippen LogP contribution in [0.1, 0.15) is 6.42 Å². The quantitative estimate of drug-likeness (QED) is 0.329. The minimum Gasteiger partial charge on any atom is -0.466 e. The monoisotopic (exact) mass is 190 g/mol. The summed E-state index contributed by atoms with van der Waals surface area (Å²) in [7, 11) is 2.32. The molecule has 1 aliphatic rings. The second-order valence-corrected chi connectivity index (χ2v) is 2.47. The molecule has 0 atom stereocenters. The van der Waals surface area contributed by atoms with Crippen molar-refractivity contribution in [3.63, 3.8) is 0 Å². The lowest BCUT2D eigenvalue weighted by Gasteiger charge is -2.18. The highest BCUT2D eigenvalue weighted by molar-refractivity contribution is 6.03. The molecular formula is C7H10O6. The molecule has 6 nitrogen and oxygen atoms in total. The molecule has 1 rings (SSSR count). The molecular weight excluding hydrogens is 180 g/mol. The van der Waals surface area contributed by atoms with Crippen molar-refractivity contribution in [2.75, 3.05) is 20.8 Å². The summed E-state index contributed by atoms with van der Waals surface area (Å²) >= 11 is 0. The van der Waals surface area contributed by atoms with Gasteiger partial charge < -0.3 is 9.47 Å². The molecule has 0 bridgehead atoms. The summed E-state index contributed by atoms with van der Waals surface area (Å²) in [5.74, 6) is -1.62. The second-order valence-electron chi connectivity index (χ2n) is 2.47. The molecule has 0 aromatic carbocycles. The fourth-order valence-electron chi connectivity index (χ4n) is 1.05. The Morgan fingerprint density at radius 1 is 1.23 bits per heavy atom. The van der Waals surface area contributed by atoms with E-state index in [1.807, 2.05) is 0 Å². The van der Waals surface area contributed by atoms with Crippen LogP contribution in [0.15, 0.2) is 0 Å². The summed E-state index contributed by atoms with van der Waals surface area (Å²) in [6, 6.07) is 0. The van der Waals surface area contributed by atoms with Crippen LogP contribution in [0, 0.1) is 0 Å². The van der Waals surface area contributed by atoms with Gasteiger partial charge in [0.25, 0.3) is 5.60 Å². The lowest BCUT2D eigenvalue weighted by atomic mass is 10.0. The largest absolute Gasteiger partial charge is 0.466 e. The van der Waals surface area contributed by atoms with Gasteiger partial charge in [-0.1, -0.05) is 0 Å². The standard InChI is InChI=1S/C7H10O6/c1-10-5(8)7(6(9)11-2)3-4-12-13-7/h3-4H2,1-2H3.